The molecule has 5 nitrogen and oxygen atoms in total. The zero-order valence-corrected chi connectivity index (χ0v) is 12.3. The number of carbonyl (C=O) groups excluding carboxylic acids is 2. The number of phenolic OH excluding ortho intramolecular Hbond substituents is 1. The first-order valence-electron chi connectivity index (χ1n) is 6.75. The van der Waals surface area contributed by atoms with Crippen molar-refractivity contribution in [2.45, 2.75) is 6.92 Å². The first-order valence-corrected chi connectivity index (χ1v) is 6.75. The largest absolute Gasteiger partial charge is 0.508 e. The van der Waals surface area contributed by atoms with Crippen LogP contribution in [0.1, 0.15) is 33.2 Å². The van der Waals surface area contributed by atoms with Crippen molar-refractivity contribution in [1.82, 2.24) is 0 Å². The second-order valence-corrected chi connectivity index (χ2v) is 4.51. The third-order valence-corrected chi connectivity index (χ3v) is 3.07. The summed E-state index contributed by atoms with van der Waals surface area (Å²) in [6.45, 7) is 2.20. The Bertz CT molecular complexity index is 689. The minimum atomic E-state index is -0.525. The average Bonchev–Trinajstić information content (AvgIpc) is 2.55. The number of phenols is 1. The molecule has 0 atom stereocenters. The fourth-order valence-corrected chi connectivity index (χ4v) is 2.00. The summed E-state index contributed by atoms with van der Waals surface area (Å²) in [5.41, 5.74) is 0.935. The maximum Gasteiger partial charge on any atom is 0.337 e. The number of ketones is 1. The van der Waals surface area contributed by atoms with Crippen LogP contribution in [0.2, 0.25) is 0 Å². The zero-order chi connectivity index (χ0) is 16.1. The van der Waals surface area contributed by atoms with Crippen molar-refractivity contribution in [2.75, 3.05) is 13.7 Å². The molecule has 0 radical (unpaired) electrons. The van der Waals surface area contributed by atoms with Crippen LogP contribution in [0.15, 0.2) is 42.5 Å². The van der Waals surface area contributed by atoms with Crippen molar-refractivity contribution >= 4 is 11.8 Å². The average molecular weight is 300 g/mol. The van der Waals surface area contributed by atoms with Crippen LogP contribution < -0.4 is 4.74 Å². The van der Waals surface area contributed by atoms with E-state index in [4.69, 9.17) is 4.74 Å². The molecule has 0 aliphatic heterocycles. The summed E-state index contributed by atoms with van der Waals surface area (Å²) in [4.78, 5) is 24.2. The van der Waals surface area contributed by atoms with Crippen molar-refractivity contribution < 1.29 is 24.2 Å². The highest BCUT2D eigenvalue weighted by Crippen LogP contribution is 2.24. The monoisotopic (exact) mass is 300 g/mol. The Balaban J connectivity index is 2.47. The predicted octanol–water partition coefficient (Wildman–Crippen LogP) is 2.81. The lowest BCUT2D eigenvalue weighted by Gasteiger charge is -2.11. The van der Waals surface area contributed by atoms with Crippen LogP contribution in [0.3, 0.4) is 0 Å². The lowest BCUT2D eigenvalue weighted by molar-refractivity contribution is 0.0600. The van der Waals surface area contributed by atoms with Gasteiger partial charge in [-0.15, -0.1) is 0 Å². The minimum absolute atomic E-state index is 0.0740. The molecule has 2 aromatic carbocycles. The van der Waals surface area contributed by atoms with E-state index in [1.165, 1.54) is 37.4 Å². The molecule has 0 aromatic heterocycles. The van der Waals surface area contributed by atoms with Crippen LogP contribution in [0, 0.1) is 0 Å². The van der Waals surface area contributed by atoms with Gasteiger partial charge in [0.05, 0.1) is 24.8 Å². The zero-order valence-electron chi connectivity index (χ0n) is 12.3. The summed E-state index contributed by atoms with van der Waals surface area (Å²) in [6, 6.07) is 10.5. The van der Waals surface area contributed by atoms with Crippen molar-refractivity contribution in [3.8, 4) is 11.5 Å². The van der Waals surface area contributed by atoms with Gasteiger partial charge < -0.3 is 14.6 Å². The molecule has 0 fully saturated rings. The number of benzene rings is 2. The molecule has 114 valence electrons. The summed E-state index contributed by atoms with van der Waals surface area (Å²) < 4.78 is 10.1. The predicted molar refractivity (Wildman–Crippen MR) is 80.5 cm³/mol. The van der Waals surface area contributed by atoms with Gasteiger partial charge in [-0.3, -0.25) is 4.79 Å². The molecule has 0 unspecified atom stereocenters. The standard InChI is InChI=1S/C17H16O5/c1-3-22-15-9-6-12(17(20)21-2)10-14(15)16(19)11-4-7-13(18)8-5-11/h4-10,18H,3H2,1-2H3. The fourth-order valence-electron chi connectivity index (χ4n) is 2.00. The topological polar surface area (TPSA) is 72.8 Å². The van der Waals surface area contributed by atoms with E-state index in [1.807, 2.05) is 6.92 Å². The molecule has 1 N–H and O–H groups in total. The number of aromatic hydroxyl groups is 1. The summed E-state index contributed by atoms with van der Waals surface area (Å²) in [7, 11) is 1.28. The van der Waals surface area contributed by atoms with Crippen LogP contribution in [-0.2, 0) is 4.74 Å². The lowest BCUT2D eigenvalue weighted by Crippen LogP contribution is -2.09. The molecule has 0 amide bonds. The summed E-state index contributed by atoms with van der Waals surface area (Å²) in [6.07, 6.45) is 0. The van der Waals surface area contributed by atoms with Gasteiger partial charge in [-0.2, -0.15) is 0 Å². The second-order valence-electron chi connectivity index (χ2n) is 4.51. The van der Waals surface area contributed by atoms with Crippen LogP contribution in [-0.4, -0.2) is 30.6 Å². The Labute approximate surface area is 128 Å². The van der Waals surface area contributed by atoms with Crippen molar-refractivity contribution in [1.29, 1.82) is 0 Å². The highest BCUT2D eigenvalue weighted by molar-refractivity contribution is 6.11. The van der Waals surface area contributed by atoms with E-state index in [2.05, 4.69) is 4.74 Å². The molecule has 0 bridgehead atoms. The molecule has 0 saturated carbocycles. The summed E-state index contributed by atoms with van der Waals surface area (Å²) in [5.74, 6) is -0.352. The number of ether oxygens (including phenoxy) is 2. The molecule has 0 spiro atoms. The fraction of sp³-hybridized carbons (Fsp3) is 0.176. The Morgan fingerprint density at radius 3 is 2.27 bits per heavy atom. The van der Waals surface area contributed by atoms with Crippen LogP contribution in [0.5, 0.6) is 11.5 Å². The Hall–Kier alpha value is -2.82. The molecule has 5 heteroatoms. The second kappa shape index (κ2) is 6.76. The Morgan fingerprint density at radius 2 is 1.68 bits per heavy atom. The lowest BCUT2D eigenvalue weighted by atomic mass is 10.00. The SMILES string of the molecule is CCOc1ccc(C(=O)OC)cc1C(=O)c1ccc(O)cc1. The van der Waals surface area contributed by atoms with Gasteiger partial charge in [0, 0.05) is 5.56 Å². The van der Waals surface area contributed by atoms with Gasteiger partial charge >= 0.3 is 5.97 Å². The molecule has 22 heavy (non-hydrogen) atoms. The van der Waals surface area contributed by atoms with E-state index in [9.17, 15) is 14.7 Å². The van der Waals surface area contributed by atoms with Crippen LogP contribution in [0.25, 0.3) is 0 Å². The van der Waals surface area contributed by atoms with E-state index in [-0.39, 0.29) is 22.7 Å². The van der Waals surface area contributed by atoms with Crippen LogP contribution >= 0.6 is 0 Å². The van der Waals surface area contributed by atoms with Crippen molar-refractivity contribution in [3.05, 3.63) is 59.2 Å². The summed E-state index contributed by atoms with van der Waals surface area (Å²) >= 11 is 0. The van der Waals surface area contributed by atoms with Gasteiger partial charge in [-0.1, -0.05) is 0 Å². The van der Waals surface area contributed by atoms with Gasteiger partial charge in [-0.25, -0.2) is 4.79 Å². The maximum absolute atomic E-state index is 12.6. The van der Waals surface area contributed by atoms with Gasteiger partial charge in [-0.05, 0) is 49.4 Å². The highest BCUT2D eigenvalue weighted by atomic mass is 16.5. The summed E-state index contributed by atoms with van der Waals surface area (Å²) in [5, 5.41) is 9.30. The first kappa shape index (κ1) is 15.6. The Kier molecular flexibility index (Phi) is 4.78. The highest BCUT2D eigenvalue weighted by Gasteiger charge is 2.18. The third-order valence-electron chi connectivity index (χ3n) is 3.07. The number of rotatable bonds is 5. The molecular formula is C17H16O5. The molecule has 2 rings (SSSR count). The first-order chi connectivity index (χ1) is 10.6. The van der Waals surface area contributed by atoms with Gasteiger partial charge in [0.15, 0.2) is 5.78 Å². The normalized spacial score (nSPS) is 10.1. The number of hydrogen-bond donors (Lipinski definition) is 1. The minimum Gasteiger partial charge on any atom is -0.508 e. The molecule has 0 aliphatic rings. The van der Waals surface area contributed by atoms with Crippen molar-refractivity contribution in [3.63, 3.8) is 0 Å². The third kappa shape index (κ3) is 3.25. The van der Waals surface area contributed by atoms with Gasteiger partial charge in [0.2, 0.25) is 0 Å². The quantitative estimate of drug-likeness (QED) is 0.679. The molecule has 0 aliphatic carbocycles. The van der Waals surface area contributed by atoms with Crippen LogP contribution in [0.4, 0.5) is 0 Å². The van der Waals surface area contributed by atoms with E-state index < -0.39 is 5.97 Å². The van der Waals surface area contributed by atoms with Gasteiger partial charge in [0.1, 0.15) is 11.5 Å². The Morgan fingerprint density at radius 1 is 1.05 bits per heavy atom. The number of methoxy groups -OCH3 is 1. The number of hydrogen-bond acceptors (Lipinski definition) is 5. The van der Waals surface area contributed by atoms with E-state index in [0.29, 0.717) is 17.9 Å². The van der Waals surface area contributed by atoms with E-state index in [1.54, 1.807) is 12.1 Å². The van der Waals surface area contributed by atoms with E-state index >= 15 is 0 Å². The number of carbonyl (C=O) groups is 2. The number of esters is 1. The smallest absolute Gasteiger partial charge is 0.337 e. The maximum atomic E-state index is 12.6. The molecular weight excluding hydrogens is 284 g/mol. The molecule has 2 aromatic rings. The van der Waals surface area contributed by atoms with Gasteiger partial charge in [0.25, 0.3) is 0 Å². The van der Waals surface area contributed by atoms with E-state index in [0.717, 1.165) is 0 Å². The molecule has 0 heterocycles. The molecule has 0 saturated heterocycles. The van der Waals surface area contributed by atoms with Crippen molar-refractivity contribution in [2.24, 2.45) is 0 Å².